The number of ether oxygens (including phenoxy) is 2. The van der Waals surface area contributed by atoms with Crippen molar-refractivity contribution in [1.29, 1.82) is 0 Å². The largest absolute Gasteiger partial charge is 0.493 e. The molecule has 0 unspecified atom stereocenters. The molecule has 0 radical (unpaired) electrons. The van der Waals surface area contributed by atoms with Crippen molar-refractivity contribution in [2.45, 2.75) is 27.0 Å². The van der Waals surface area contributed by atoms with Gasteiger partial charge in [0.15, 0.2) is 17.5 Å². The first-order valence-electron chi connectivity index (χ1n) is 10.7. The number of benzene rings is 2. The molecule has 8 heteroatoms. The molecule has 0 bridgehead atoms. The molecule has 3 rings (SSSR count). The third-order valence-corrected chi connectivity index (χ3v) is 5.24. The average molecular weight is 552 g/mol. The summed E-state index contributed by atoms with van der Waals surface area (Å²) >= 11 is 0. The third-order valence-electron chi connectivity index (χ3n) is 5.24. The van der Waals surface area contributed by atoms with E-state index in [4.69, 9.17) is 14.5 Å². The number of carbonyl (C=O) groups is 1. The van der Waals surface area contributed by atoms with Crippen molar-refractivity contribution in [2.75, 3.05) is 39.8 Å². The predicted molar refractivity (Wildman–Crippen MR) is 138 cm³/mol. The van der Waals surface area contributed by atoms with Crippen molar-refractivity contribution in [2.24, 2.45) is 4.99 Å². The Bertz CT molecular complexity index is 884. The maximum absolute atomic E-state index is 11.6. The molecular weight excluding hydrogens is 519 g/mol. The zero-order valence-corrected chi connectivity index (χ0v) is 21.4. The first kappa shape index (κ1) is 25.8. The number of hydrogen-bond acceptors (Lipinski definition) is 4. The number of rotatable bonds is 7. The molecular formula is C24H33IN4O3. The zero-order chi connectivity index (χ0) is 22.1. The van der Waals surface area contributed by atoms with E-state index in [0.717, 1.165) is 49.8 Å². The normalized spacial score (nSPS) is 13.9. The maximum Gasteiger partial charge on any atom is 0.219 e. The number of halogens is 1. The molecule has 1 aliphatic heterocycles. The van der Waals surface area contributed by atoms with Crippen LogP contribution >= 0.6 is 24.0 Å². The Labute approximate surface area is 207 Å². The van der Waals surface area contributed by atoms with Crippen LogP contribution in [0.15, 0.2) is 53.5 Å². The van der Waals surface area contributed by atoms with Gasteiger partial charge in [0.25, 0.3) is 0 Å². The van der Waals surface area contributed by atoms with Crippen LogP contribution in [0.25, 0.3) is 0 Å². The molecule has 0 saturated carbocycles. The van der Waals surface area contributed by atoms with Crippen molar-refractivity contribution in [3.8, 4) is 11.5 Å². The number of guanidine groups is 1. The summed E-state index contributed by atoms with van der Waals surface area (Å²) in [6.45, 7) is 8.50. The molecule has 1 heterocycles. The monoisotopic (exact) mass is 552 g/mol. The van der Waals surface area contributed by atoms with Crippen LogP contribution in [0.5, 0.6) is 11.5 Å². The van der Waals surface area contributed by atoms with E-state index in [1.54, 1.807) is 14.0 Å². The molecule has 32 heavy (non-hydrogen) atoms. The fraction of sp³-hybridized carbons (Fsp3) is 0.417. The molecule has 2 aromatic carbocycles. The second kappa shape index (κ2) is 13.1. The minimum Gasteiger partial charge on any atom is -0.493 e. The number of carbonyl (C=O) groups excluding carboxylic acids is 1. The highest BCUT2D eigenvalue weighted by molar-refractivity contribution is 14.0. The van der Waals surface area contributed by atoms with E-state index in [2.05, 4.69) is 17.1 Å². The predicted octanol–water partition coefficient (Wildman–Crippen LogP) is 3.52. The minimum absolute atomic E-state index is 0. The topological polar surface area (TPSA) is 66.4 Å². The summed E-state index contributed by atoms with van der Waals surface area (Å²) in [7, 11) is 1.65. The molecule has 7 nitrogen and oxygen atoms in total. The molecule has 1 aliphatic rings. The van der Waals surface area contributed by atoms with E-state index in [-0.39, 0.29) is 29.9 Å². The Balaban J connectivity index is 0.00000363. The van der Waals surface area contributed by atoms with Gasteiger partial charge in [-0.05, 0) is 30.2 Å². The van der Waals surface area contributed by atoms with E-state index in [1.165, 1.54) is 0 Å². The number of hydrogen-bond donors (Lipinski definition) is 1. The number of nitrogens with zero attached hydrogens (tertiary/aromatic N) is 3. The van der Waals surface area contributed by atoms with Crippen molar-refractivity contribution in [3.63, 3.8) is 0 Å². The number of nitrogens with one attached hydrogen (secondary N) is 1. The Hall–Kier alpha value is -2.49. The van der Waals surface area contributed by atoms with Gasteiger partial charge in [-0.2, -0.15) is 0 Å². The van der Waals surface area contributed by atoms with Gasteiger partial charge in [-0.15, -0.1) is 24.0 Å². The minimum atomic E-state index is 0. The summed E-state index contributed by atoms with van der Waals surface area (Å²) in [5.41, 5.74) is 2.15. The lowest BCUT2D eigenvalue weighted by molar-refractivity contribution is -0.130. The van der Waals surface area contributed by atoms with Gasteiger partial charge < -0.3 is 24.6 Å². The van der Waals surface area contributed by atoms with Gasteiger partial charge in [-0.1, -0.05) is 36.4 Å². The van der Waals surface area contributed by atoms with Crippen molar-refractivity contribution < 1.29 is 14.3 Å². The van der Waals surface area contributed by atoms with Gasteiger partial charge in [0.1, 0.15) is 6.61 Å². The second-order valence-electron chi connectivity index (χ2n) is 7.42. The summed E-state index contributed by atoms with van der Waals surface area (Å²) in [4.78, 5) is 20.5. The Morgan fingerprint density at radius 1 is 1.00 bits per heavy atom. The number of amides is 1. The van der Waals surface area contributed by atoms with Crippen LogP contribution in [0.3, 0.4) is 0 Å². The van der Waals surface area contributed by atoms with Gasteiger partial charge in [0.2, 0.25) is 5.91 Å². The molecule has 0 atom stereocenters. The molecule has 1 fully saturated rings. The first-order valence-corrected chi connectivity index (χ1v) is 10.7. The lowest BCUT2D eigenvalue weighted by Gasteiger charge is -2.36. The van der Waals surface area contributed by atoms with Crippen molar-refractivity contribution >= 4 is 35.8 Å². The lowest BCUT2D eigenvalue weighted by atomic mass is 10.2. The molecule has 0 spiro atoms. The molecule has 174 valence electrons. The van der Waals surface area contributed by atoms with Gasteiger partial charge in [0, 0.05) is 39.6 Å². The second-order valence-corrected chi connectivity index (χ2v) is 7.42. The highest BCUT2D eigenvalue weighted by Gasteiger charge is 2.20. The standard InChI is InChI=1S/C24H32N4O3.HI/c1-4-25-24(28-14-12-27(13-15-28)19(2)29)26-17-21-10-11-22(23(16-21)30-3)31-18-20-8-6-5-7-9-20;/h5-11,16H,4,12-15,17-18H2,1-3H3,(H,25,26);1H. The molecule has 0 aromatic heterocycles. The summed E-state index contributed by atoms with van der Waals surface area (Å²) in [5.74, 6) is 2.41. The van der Waals surface area contributed by atoms with Crippen LogP contribution in [0.4, 0.5) is 0 Å². The van der Waals surface area contributed by atoms with E-state index in [1.807, 2.05) is 53.4 Å². The van der Waals surface area contributed by atoms with Gasteiger partial charge in [-0.3, -0.25) is 4.79 Å². The van der Waals surface area contributed by atoms with E-state index in [9.17, 15) is 4.79 Å². The van der Waals surface area contributed by atoms with Crippen LogP contribution in [0, 0.1) is 0 Å². The average Bonchev–Trinajstić information content (AvgIpc) is 2.81. The van der Waals surface area contributed by atoms with E-state index in [0.29, 0.717) is 24.7 Å². The van der Waals surface area contributed by atoms with Crippen molar-refractivity contribution in [1.82, 2.24) is 15.1 Å². The van der Waals surface area contributed by atoms with Gasteiger partial charge >= 0.3 is 0 Å². The number of methoxy groups -OCH3 is 1. The highest BCUT2D eigenvalue weighted by Crippen LogP contribution is 2.29. The Kier molecular flexibility index (Phi) is 10.6. The van der Waals surface area contributed by atoms with Crippen LogP contribution in [0.2, 0.25) is 0 Å². The Morgan fingerprint density at radius 2 is 1.69 bits per heavy atom. The van der Waals surface area contributed by atoms with Crippen molar-refractivity contribution in [3.05, 3.63) is 59.7 Å². The molecule has 1 N–H and O–H groups in total. The van der Waals surface area contributed by atoms with Crippen LogP contribution in [-0.2, 0) is 17.9 Å². The van der Waals surface area contributed by atoms with E-state index >= 15 is 0 Å². The number of aliphatic imine (C=N–C) groups is 1. The molecule has 2 aromatic rings. The van der Waals surface area contributed by atoms with Crippen LogP contribution < -0.4 is 14.8 Å². The smallest absolute Gasteiger partial charge is 0.219 e. The lowest BCUT2D eigenvalue weighted by Crippen LogP contribution is -2.53. The summed E-state index contributed by atoms with van der Waals surface area (Å²) in [6, 6.07) is 16.0. The summed E-state index contributed by atoms with van der Waals surface area (Å²) < 4.78 is 11.5. The van der Waals surface area contributed by atoms with Gasteiger partial charge in [0.05, 0.1) is 13.7 Å². The SMILES string of the molecule is CCNC(=NCc1ccc(OCc2ccccc2)c(OC)c1)N1CCN(C(C)=O)CC1.I. The number of piperazine rings is 1. The molecule has 1 saturated heterocycles. The Morgan fingerprint density at radius 3 is 2.31 bits per heavy atom. The summed E-state index contributed by atoms with van der Waals surface area (Å²) in [6.07, 6.45) is 0. The van der Waals surface area contributed by atoms with Crippen LogP contribution in [-0.4, -0.2) is 61.5 Å². The highest BCUT2D eigenvalue weighted by atomic mass is 127. The van der Waals surface area contributed by atoms with E-state index < -0.39 is 0 Å². The first-order chi connectivity index (χ1) is 15.1. The summed E-state index contributed by atoms with van der Waals surface area (Å²) in [5, 5.41) is 3.36. The van der Waals surface area contributed by atoms with Gasteiger partial charge in [-0.25, -0.2) is 4.99 Å². The third kappa shape index (κ3) is 7.29. The fourth-order valence-electron chi connectivity index (χ4n) is 3.49. The molecule has 0 aliphatic carbocycles. The van der Waals surface area contributed by atoms with Crippen LogP contribution in [0.1, 0.15) is 25.0 Å². The quantitative estimate of drug-likeness (QED) is 0.324. The fourth-order valence-corrected chi connectivity index (χ4v) is 3.49. The zero-order valence-electron chi connectivity index (χ0n) is 19.0. The molecule has 1 amide bonds. The maximum atomic E-state index is 11.6.